The molecule has 1 saturated heterocycles. The van der Waals surface area contributed by atoms with Crippen LogP contribution in [0.5, 0.6) is 0 Å². The van der Waals surface area contributed by atoms with Gasteiger partial charge in [-0.3, -0.25) is 4.98 Å². The largest absolute Gasteiger partial charge is 0.334 e. The first kappa shape index (κ1) is 11.8. The van der Waals surface area contributed by atoms with Crippen molar-refractivity contribution < 1.29 is 4.52 Å². The lowest BCUT2D eigenvalue weighted by atomic mass is 9.98. The van der Waals surface area contributed by atoms with E-state index < -0.39 is 0 Å². The third-order valence-electron chi connectivity index (χ3n) is 3.10. The van der Waals surface area contributed by atoms with Crippen molar-refractivity contribution in [1.82, 2.24) is 20.4 Å². The summed E-state index contributed by atoms with van der Waals surface area (Å²) in [4.78, 5) is 8.58. The Morgan fingerprint density at radius 1 is 1.28 bits per heavy atom. The summed E-state index contributed by atoms with van der Waals surface area (Å²) in [5.74, 6) is 1.76. The van der Waals surface area contributed by atoms with Crippen LogP contribution < -0.4 is 5.32 Å². The summed E-state index contributed by atoms with van der Waals surface area (Å²) in [5, 5.41) is 7.42. The van der Waals surface area contributed by atoms with E-state index >= 15 is 0 Å². The maximum Gasteiger partial charge on any atom is 0.259 e. The summed E-state index contributed by atoms with van der Waals surface area (Å²) >= 11 is 3.38. The van der Waals surface area contributed by atoms with Crippen molar-refractivity contribution in [3.8, 4) is 11.5 Å². The lowest BCUT2D eigenvalue weighted by molar-refractivity contribution is 0.392. The van der Waals surface area contributed by atoms with Crippen LogP contribution >= 0.6 is 15.9 Å². The zero-order valence-corrected chi connectivity index (χ0v) is 11.4. The minimum atomic E-state index is 0.406. The fraction of sp³-hybridized carbons (Fsp3) is 0.417. The van der Waals surface area contributed by atoms with Crippen LogP contribution in [0.25, 0.3) is 11.5 Å². The molecule has 0 aromatic carbocycles. The second-order valence-electron chi connectivity index (χ2n) is 4.37. The van der Waals surface area contributed by atoms with E-state index in [4.69, 9.17) is 4.52 Å². The van der Waals surface area contributed by atoms with Gasteiger partial charge in [-0.25, -0.2) is 0 Å². The number of halogens is 1. The van der Waals surface area contributed by atoms with E-state index in [2.05, 4.69) is 36.4 Å². The van der Waals surface area contributed by atoms with Crippen molar-refractivity contribution >= 4 is 15.9 Å². The SMILES string of the molecule is Brc1cncc(-c2nc(C3CCNCC3)no2)c1. The molecule has 2 aromatic rings. The molecule has 5 nitrogen and oxygen atoms in total. The molecule has 94 valence electrons. The van der Waals surface area contributed by atoms with Crippen LogP contribution in [0.4, 0.5) is 0 Å². The Kier molecular flexibility index (Phi) is 3.38. The van der Waals surface area contributed by atoms with Crippen molar-refractivity contribution in [2.75, 3.05) is 13.1 Å². The van der Waals surface area contributed by atoms with E-state index in [0.717, 1.165) is 41.8 Å². The molecule has 1 aliphatic heterocycles. The number of hydrogen-bond donors (Lipinski definition) is 1. The highest BCUT2D eigenvalue weighted by atomic mass is 79.9. The Labute approximate surface area is 113 Å². The molecule has 1 aliphatic rings. The summed E-state index contributed by atoms with van der Waals surface area (Å²) < 4.78 is 6.22. The Hall–Kier alpha value is -1.27. The number of aromatic nitrogens is 3. The van der Waals surface area contributed by atoms with Gasteiger partial charge in [0, 0.05) is 22.8 Å². The molecule has 0 bridgehead atoms. The van der Waals surface area contributed by atoms with E-state index in [-0.39, 0.29) is 0 Å². The maximum atomic E-state index is 5.32. The first-order valence-electron chi connectivity index (χ1n) is 5.98. The minimum absolute atomic E-state index is 0.406. The molecule has 3 rings (SSSR count). The van der Waals surface area contributed by atoms with E-state index in [1.54, 1.807) is 12.4 Å². The van der Waals surface area contributed by atoms with Crippen LogP contribution in [0.15, 0.2) is 27.5 Å². The third-order valence-corrected chi connectivity index (χ3v) is 3.53. The van der Waals surface area contributed by atoms with E-state index in [0.29, 0.717) is 11.8 Å². The van der Waals surface area contributed by atoms with Gasteiger partial charge in [0.15, 0.2) is 5.82 Å². The van der Waals surface area contributed by atoms with E-state index in [1.807, 2.05) is 6.07 Å². The normalized spacial score (nSPS) is 16.9. The van der Waals surface area contributed by atoms with Gasteiger partial charge in [0.25, 0.3) is 5.89 Å². The standard InChI is InChI=1S/C12H13BrN4O/c13-10-5-9(6-15-7-10)12-16-11(17-18-12)8-1-3-14-4-2-8/h5-8,14H,1-4H2. The lowest BCUT2D eigenvalue weighted by Crippen LogP contribution is -2.27. The maximum absolute atomic E-state index is 5.32. The Morgan fingerprint density at radius 3 is 2.89 bits per heavy atom. The average molecular weight is 309 g/mol. The molecule has 3 heterocycles. The van der Waals surface area contributed by atoms with Crippen LogP contribution in [-0.4, -0.2) is 28.2 Å². The summed E-state index contributed by atoms with van der Waals surface area (Å²) in [5.41, 5.74) is 0.844. The fourth-order valence-electron chi connectivity index (χ4n) is 2.13. The van der Waals surface area contributed by atoms with Crippen molar-refractivity contribution in [1.29, 1.82) is 0 Å². The molecule has 1 fully saturated rings. The van der Waals surface area contributed by atoms with Gasteiger partial charge < -0.3 is 9.84 Å². The predicted octanol–water partition coefficient (Wildman–Crippen LogP) is 2.36. The average Bonchev–Trinajstić information content (AvgIpc) is 2.89. The first-order chi connectivity index (χ1) is 8.83. The molecule has 18 heavy (non-hydrogen) atoms. The molecule has 2 aromatic heterocycles. The van der Waals surface area contributed by atoms with Gasteiger partial charge in [0.05, 0.1) is 5.56 Å². The topological polar surface area (TPSA) is 63.8 Å². The summed E-state index contributed by atoms with van der Waals surface area (Å²) in [6, 6.07) is 1.92. The van der Waals surface area contributed by atoms with E-state index in [1.165, 1.54) is 0 Å². The highest BCUT2D eigenvalue weighted by Crippen LogP contribution is 2.26. The van der Waals surface area contributed by atoms with Crippen LogP contribution in [-0.2, 0) is 0 Å². The third kappa shape index (κ3) is 2.44. The Morgan fingerprint density at radius 2 is 2.11 bits per heavy atom. The van der Waals surface area contributed by atoms with Crippen molar-refractivity contribution in [2.24, 2.45) is 0 Å². The van der Waals surface area contributed by atoms with Gasteiger partial charge in [-0.1, -0.05) is 5.16 Å². The molecule has 0 unspecified atom stereocenters. The molecule has 0 aliphatic carbocycles. The molecule has 6 heteroatoms. The number of rotatable bonds is 2. The molecular formula is C12H13BrN4O. The predicted molar refractivity (Wildman–Crippen MR) is 70.1 cm³/mol. The van der Waals surface area contributed by atoms with Crippen LogP contribution in [0.2, 0.25) is 0 Å². The number of hydrogen-bond acceptors (Lipinski definition) is 5. The zero-order valence-electron chi connectivity index (χ0n) is 9.77. The van der Waals surface area contributed by atoms with Gasteiger partial charge in [-0.2, -0.15) is 4.98 Å². The van der Waals surface area contributed by atoms with Gasteiger partial charge in [0.1, 0.15) is 0 Å². The molecular weight excluding hydrogens is 296 g/mol. The molecule has 0 spiro atoms. The molecule has 0 radical (unpaired) electrons. The first-order valence-corrected chi connectivity index (χ1v) is 6.77. The fourth-order valence-corrected chi connectivity index (χ4v) is 2.49. The highest BCUT2D eigenvalue weighted by Gasteiger charge is 2.21. The van der Waals surface area contributed by atoms with Crippen molar-refractivity contribution in [2.45, 2.75) is 18.8 Å². The van der Waals surface area contributed by atoms with Crippen LogP contribution in [0, 0.1) is 0 Å². The van der Waals surface area contributed by atoms with Crippen LogP contribution in [0.1, 0.15) is 24.6 Å². The lowest BCUT2D eigenvalue weighted by Gasteiger charge is -2.18. The Balaban J connectivity index is 1.84. The summed E-state index contributed by atoms with van der Waals surface area (Å²) in [6.45, 7) is 2.04. The minimum Gasteiger partial charge on any atom is -0.334 e. The molecule has 0 saturated carbocycles. The number of pyridine rings is 1. The van der Waals surface area contributed by atoms with Crippen molar-refractivity contribution in [3.05, 3.63) is 28.8 Å². The monoisotopic (exact) mass is 308 g/mol. The quantitative estimate of drug-likeness (QED) is 0.922. The van der Waals surface area contributed by atoms with Gasteiger partial charge in [-0.15, -0.1) is 0 Å². The van der Waals surface area contributed by atoms with Gasteiger partial charge >= 0.3 is 0 Å². The molecule has 1 N–H and O–H groups in total. The number of nitrogens with zero attached hydrogens (tertiary/aromatic N) is 3. The smallest absolute Gasteiger partial charge is 0.259 e. The second-order valence-corrected chi connectivity index (χ2v) is 5.29. The van der Waals surface area contributed by atoms with Crippen molar-refractivity contribution in [3.63, 3.8) is 0 Å². The van der Waals surface area contributed by atoms with E-state index in [9.17, 15) is 0 Å². The molecule has 0 amide bonds. The van der Waals surface area contributed by atoms with Crippen LogP contribution in [0.3, 0.4) is 0 Å². The van der Waals surface area contributed by atoms with Gasteiger partial charge in [-0.05, 0) is 47.9 Å². The zero-order chi connectivity index (χ0) is 12.4. The highest BCUT2D eigenvalue weighted by molar-refractivity contribution is 9.10. The Bertz CT molecular complexity index is 536. The second kappa shape index (κ2) is 5.16. The number of nitrogens with one attached hydrogen (secondary N) is 1. The summed E-state index contributed by atoms with van der Waals surface area (Å²) in [7, 11) is 0. The summed E-state index contributed by atoms with van der Waals surface area (Å²) in [6.07, 6.45) is 5.59. The molecule has 0 atom stereocenters. The van der Waals surface area contributed by atoms with Gasteiger partial charge in [0.2, 0.25) is 0 Å². The number of piperidine rings is 1.